The zero-order valence-corrected chi connectivity index (χ0v) is 37.7. The third kappa shape index (κ3) is 13.1. The van der Waals surface area contributed by atoms with Crippen molar-refractivity contribution in [3.8, 4) is 0 Å². The molecule has 0 amide bonds. The van der Waals surface area contributed by atoms with Crippen molar-refractivity contribution in [3.63, 3.8) is 0 Å². The Bertz CT molecular complexity index is 1870. The number of benzene rings is 9. The van der Waals surface area contributed by atoms with Crippen molar-refractivity contribution in [2.24, 2.45) is 0 Å². The number of hydrogen-bond donors (Lipinski definition) is 0. The van der Waals surface area contributed by atoms with Gasteiger partial charge >= 0.3 is 19.5 Å². The molecule has 0 atom stereocenters. The maximum absolute atomic E-state index is 2.23. The summed E-state index contributed by atoms with van der Waals surface area (Å²) in [7, 11) is -1.34. The van der Waals surface area contributed by atoms with Crippen LogP contribution in [0.5, 0.6) is 0 Å². The van der Waals surface area contributed by atoms with Crippen molar-refractivity contribution in [3.05, 3.63) is 273 Å². The van der Waals surface area contributed by atoms with Gasteiger partial charge in [0.15, 0.2) is 0 Å². The topological polar surface area (TPSA) is 0 Å². The van der Waals surface area contributed by atoms with Crippen LogP contribution < -0.4 is 60.1 Å². The van der Waals surface area contributed by atoms with E-state index in [0.717, 1.165) is 0 Å². The van der Waals surface area contributed by atoms with Crippen molar-refractivity contribution in [1.29, 1.82) is 0 Å². The molecule has 0 aliphatic carbocycles. The van der Waals surface area contributed by atoms with Gasteiger partial charge in [0.05, 0.1) is 0 Å². The van der Waals surface area contributed by atoms with Crippen LogP contribution in [0.4, 0.5) is 0 Å². The second kappa shape index (κ2) is 25.0. The Morgan fingerprint density at radius 3 is 0.322 bits per heavy atom. The summed E-state index contributed by atoms with van der Waals surface area (Å²) in [6.45, 7) is 0. The fraction of sp³-hybridized carbons (Fsp3) is 0. The predicted molar refractivity (Wildman–Crippen MR) is 255 cm³/mol. The summed E-state index contributed by atoms with van der Waals surface area (Å²) in [5.41, 5.74) is 0. The minimum absolute atomic E-state index is 0. The molecule has 9 aromatic carbocycles. The van der Waals surface area contributed by atoms with Gasteiger partial charge in [-0.15, -0.1) is 0 Å². The quantitative estimate of drug-likeness (QED) is 0.105. The van der Waals surface area contributed by atoms with Crippen LogP contribution in [0, 0.1) is 0 Å². The van der Waals surface area contributed by atoms with Gasteiger partial charge in [-0.2, -0.15) is 0 Å². The van der Waals surface area contributed by atoms with Gasteiger partial charge in [-0.05, 0) is 71.5 Å². The summed E-state index contributed by atoms with van der Waals surface area (Å²) in [5.74, 6) is 0. The Morgan fingerprint density at radius 2 is 0.237 bits per heavy atom. The molecule has 291 valence electrons. The average molecular weight is 923 g/mol. The third-order valence-electron chi connectivity index (χ3n) is 9.13. The molecule has 5 heteroatoms. The molecule has 0 saturated heterocycles. The number of hydrogen-bond acceptors (Lipinski definition) is 0. The van der Waals surface area contributed by atoms with Gasteiger partial charge in [-0.3, -0.25) is 0 Å². The van der Waals surface area contributed by atoms with Gasteiger partial charge in [0.25, 0.3) is 0 Å². The summed E-state index contributed by atoms with van der Waals surface area (Å²) in [4.78, 5) is 0. The van der Waals surface area contributed by atoms with Crippen LogP contribution in [0.1, 0.15) is 0 Å². The van der Waals surface area contributed by atoms with E-state index >= 15 is 0 Å². The maximum Gasteiger partial charge on any atom is 1.00 e. The molecule has 59 heavy (non-hydrogen) atoms. The van der Waals surface area contributed by atoms with E-state index in [9.17, 15) is 0 Å². The Morgan fingerprint density at radius 1 is 0.153 bits per heavy atom. The van der Waals surface area contributed by atoms with E-state index in [1.807, 2.05) is 0 Å². The van der Waals surface area contributed by atoms with E-state index in [2.05, 4.69) is 273 Å². The molecule has 0 fully saturated rings. The summed E-state index contributed by atoms with van der Waals surface area (Å²) in [6.07, 6.45) is 0. The molecular weight excluding hydrogens is 878 g/mol. The zero-order valence-electron chi connectivity index (χ0n) is 32.6. The fourth-order valence-electron chi connectivity index (χ4n) is 6.54. The van der Waals surface area contributed by atoms with E-state index in [-0.39, 0.29) is 31.9 Å². The fourth-order valence-corrected chi connectivity index (χ4v) is 13.5. The summed E-state index contributed by atoms with van der Waals surface area (Å²) in [5, 5.41) is 12.6. The maximum atomic E-state index is 2.23. The van der Waals surface area contributed by atoms with E-state index < -0.39 is 23.8 Å². The van der Waals surface area contributed by atoms with Gasteiger partial charge in [0.1, 0.15) is 0 Å². The number of rotatable bonds is 9. The molecule has 0 aliphatic heterocycles. The van der Waals surface area contributed by atoms with E-state index in [0.29, 0.717) is 0 Å². The predicted octanol–water partition coefficient (Wildman–Crippen LogP) is 7.34. The third-order valence-corrected chi connectivity index (χ3v) is 16.5. The molecule has 0 aromatic heterocycles. The SMILES string of the molecule is [Cl-].[Ru+].c1ccc(P(c2ccccc2)c2ccccc2)cc1.c1ccc(P(c2ccccc2)c2ccccc2)cc1.c1ccc(P(c2ccccc2)c2ccccc2)cc1. The molecule has 9 rings (SSSR count). The van der Waals surface area contributed by atoms with Gasteiger partial charge in [0, 0.05) is 0 Å². The first kappa shape index (κ1) is 45.3. The van der Waals surface area contributed by atoms with Gasteiger partial charge < -0.3 is 12.4 Å². The molecule has 0 nitrogen and oxygen atoms in total. The van der Waals surface area contributed by atoms with E-state index in [1.54, 1.807) is 0 Å². The average Bonchev–Trinajstić information content (AvgIpc) is 3.30. The standard InChI is InChI=1S/3C18H15P.ClH.Ru/c3*1-4-10-16(11-5-1)19(17-12-6-2-7-13-17)18-14-8-3-9-15-18;;/h3*1-15H;1H;/q;;;;+1/p-1. The first-order valence-electron chi connectivity index (χ1n) is 19.2. The van der Waals surface area contributed by atoms with Crippen LogP contribution in [-0.4, -0.2) is 0 Å². The molecular formula is C54H45ClP3Ru. The van der Waals surface area contributed by atoms with Gasteiger partial charge in [-0.25, -0.2) is 0 Å². The molecule has 0 heterocycles. The van der Waals surface area contributed by atoms with Crippen LogP contribution in [0.15, 0.2) is 273 Å². The van der Waals surface area contributed by atoms with Crippen molar-refractivity contribution in [2.75, 3.05) is 0 Å². The normalized spacial score (nSPS) is 10.2. The largest absolute Gasteiger partial charge is 1.00 e. The molecule has 0 aliphatic rings. The molecule has 0 N–H and O–H groups in total. The van der Waals surface area contributed by atoms with E-state index in [1.165, 1.54) is 47.7 Å². The molecule has 0 bridgehead atoms. The Hall–Kier alpha value is -4.82. The molecule has 0 spiro atoms. The van der Waals surface area contributed by atoms with Crippen molar-refractivity contribution >= 4 is 71.5 Å². The van der Waals surface area contributed by atoms with Crippen molar-refractivity contribution in [1.82, 2.24) is 0 Å². The van der Waals surface area contributed by atoms with Crippen molar-refractivity contribution in [2.45, 2.75) is 0 Å². The molecule has 0 unspecified atom stereocenters. The Balaban J connectivity index is 0.000000165. The second-order valence-electron chi connectivity index (χ2n) is 13.0. The molecule has 1 radical (unpaired) electrons. The number of halogens is 1. The first-order chi connectivity index (χ1) is 28.3. The minimum Gasteiger partial charge on any atom is -1.00 e. The van der Waals surface area contributed by atoms with Crippen LogP contribution in [0.25, 0.3) is 0 Å². The molecule has 9 aromatic rings. The van der Waals surface area contributed by atoms with E-state index in [4.69, 9.17) is 0 Å². The van der Waals surface area contributed by atoms with Gasteiger partial charge in [0.2, 0.25) is 0 Å². The van der Waals surface area contributed by atoms with Crippen LogP contribution in [-0.2, 0) is 19.5 Å². The summed E-state index contributed by atoms with van der Waals surface area (Å²) >= 11 is 0. The minimum atomic E-state index is -0.446. The molecule has 0 saturated carbocycles. The summed E-state index contributed by atoms with van der Waals surface area (Å²) < 4.78 is 0. The van der Waals surface area contributed by atoms with Crippen LogP contribution in [0.2, 0.25) is 0 Å². The Kier molecular flexibility index (Phi) is 19.1. The van der Waals surface area contributed by atoms with Crippen LogP contribution in [0.3, 0.4) is 0 Å². The van der Waals surface area contributed by atoms with Crippen LogP contribution >= 0.6 is 23.8 Å². The zero-order chi connectivity index (χ0) is 38.7. The first-order valence-corrected chi connectivity index (χ1v) is 23.2. The van der Waals surface area contributed by atoms with Gasteiger partial charge in [-0.1, -0.05) is 273 Å². The monoisotopic (exact) mass is 923 g/mol. The van der Waals surface area contributed by atoms with Crippen molar-refractivity contribution < 1.29 is 31.9 Å². The Labute approximate surface area is 373 Å². The smallest absolute Gasteiger partial charge is 1.00 e. The second-order valence-corrected chi connectivity index (χ2v) is 19.7. The summed E-state index contributed by atoms with van der Waals surface area (Å²) in [6, 6.07) is 97.0.